The van der Waals surface area contributed by atoms with Gasteiger partial charge in [0.15, 0.2) is 5.82 Å². The highest BCUT2D eigenvalue weighted by atomic mass is 19.4. The molecule has 0 bridgehead atoms. The van der Waals surface area contributed by atoms with E-state index in [0.29, 0.717) is 12.4 Å². The van der Waals surface area contributed by atoms with Crippen molar-refractivity contribution >= 4 is 0 Å². The van der Waals surface area contributed by atoms with Crippen molar-refractivity contribution in [3.05, 3.63) is 11.7 Å². The van der Waals surface area contributed by atoms with Gasteiger partial charge in [0.1, 0.15) is 13.2 Å². The first-order chi connectivity index (χ1) is 9.45. The van der Waals surface area contributed by atoms with Gasteiger partial charge in [0.2, 0.25) is 5.89 Å². The van der Waals surface area contributed by atoms with Gasteiger partial charge in [-0.15, -0.1) is 0 Å². The Morgan fingerprint density at radius 1 is 1.25 bits per heavy atom. The van der Waals surface area contributed by atoms with Crippen LogP contribution in [0.5, 0.6) is 0 Å². The molecule has 0 aliphatic heterocycles. The van der Waals surface area contributed by atoms with Crippen molar-refractivity contribution in [2.45, 2.75) is 50.3 Å². The van der Waals surface area contributed by atoms with Gasteiger partial charge in [-0.2, -0.15) is 18.2 Å². The number of nitrogens with two attached hydrogens (primary N) is 1. The van der Waals surface area contributed by atoms with Crippen LogP contribution >= 0.6 is 0 Å². The van der Waals surface area contributed by atoms with Crippen LogP contribution in [0.2, 0.25) is 0 Å². The molecule has 0 aromatic carbocycles. The van der Waals surface area contributed by atoms with E-state index < -0.39 is 12.8 Å². The first kappa shape index (κ1) is 15.2. The Morgan fingerprint density at radius 2 is 1.95 bits per heavy atom. The third-order valence-corrected chi connectivity index (χ3v) is 3.62. The van der Waals surface area contributed by atoms with Gasteiger partial charge in [0.05, 0.1) is 5.41 Å². The van der Waals surface area contributed by atoms with E-state index in [4.69, 9.17) is 10.3 Å². The molecular formula is C12H18F3N3O2. The largest absolute Gasteiger partial charge is 0.411 e. The lowest BCUT2D eigenvalue weighted by Crippen LogP contribution is -2.37. The Bertz CT molecular complexity index is 428. The predicted molar refractivity (Wildman–Crippen MR) is 63.8 cm³/mol. The van der Waals surface area contributed by atoms with Crippen molar-refractivity contribution in [2.24, 2.45) is 5.73 Å². The molecule has 1 heterocycles. The molecule has 0 amide bonds. The molecule has 1 aromatic rings. The third-order valence-electron chi connectivity index (χ3n) is 3.62. The zero-order valence-corrected chi connectivity index (χ0v) is 11.1. The second-order valence-corrected chi connectivity index (χ2v) is 5.17. The predicted octanol–water partition coefficient (Wildman–Crippen LogP) is 2.31. The smallest absolute Gasteiger partial charge is 0.364 e. The maximum atomic E-state index is 12.0. The Kier molecular flexibility index (Phi) is 4.64. The molecule has 0 saturated heterocycles. The molecule has 1 aliphatic rings. The van der Waals surface area contributed by atoms with Crippen LogP contribution in [0.15, 0.2) is 4.52 Å². The lowest BCUT2D eigenvalue weighted by atomic mass is 9.74. The van der Waals surface area contributed by atoms with E-state index >= 15 is 0 Å². The summed E-state index contributed by atoms with van der Waals surface area (Å²) in [6.07, 6.45) is 0.619. The summed E-state index contributed by atoms with van der Waals surface area (Å²) in [5, 5.41) is 3.67. The molecule has 1 aromatic heterocycles. The zero-order valence-electron chi connectivity index (χ0n) is 11.1. The van der Waals surface area contributed by atoms with Crippen LogP contribution in [0.4, 0.5) is 13.2 Å². The van der Waals surface area contributed by atoms with Gasteiger partial charge >= 0.3 is 6.18 Å². The quantitative estimate of drug-likeness (QED) is 0.901. The summed E-state index contributed by atoms with van der Waals surface area (Å²) < 4.78 is 45.6. The molecule has 8 heteroatoms. The van der Waals surface area contributed by atoms with E-state index in [0.717, 1.165) is 32.1 Å². The Balaban J connectivity index is 1.97. The van der Waals surface area contributed by atoms with Crippen LogP contribution in [0.3, 0.4) is 0 Å². The highest BCUT2D eigenvalue weighted by Crippen LogP contribution is 2.37. The van der Waals surface area contributed by atoms with Gasteiger partial charge in [-0.05, 0) is 12.8 Å². The maximum absolute atomic E-state index is 12.0. The minimum atomic E-state index is -4.35. The standard InChI is InChI=1S/C12H18F3N3O2/c13-12(14,15)8-19-6-9-17-10(20-18-9)11(7-16)4-2-1-3-5-11/h1-8,16H2. The van der Waals surface area contributed by atoms with Crippen LogP contribution in [0, 0.1) is 0 Å². The van der Waals surface area contributed by atoms with E-state index in [1.807, 2.05) is 0 Å². The highest BCUT2D eigenvalue weighted by Gasteiger charge is 2.38. The minimum Gasteiger partial charge on any atom is -0.364 e. The van der Waals surface area contributed by atoms with Gasteiger partial charge in [0.25, 0.3) is 0 Å². The lowest BCUT2D eigenvalue weighted by molar-refractivity contribution is -0.177. The normalized spacial score (nSPS) is 19.2. The first-order valence-corrected chi connectivity index (χ1v) is 6.63. The molecule has 0 atom stereocenters. The van der Waals surface area contributed by atoms with Crippen LogP contribution in [-0.4, -0.2) is 29.5 Å². The molecule has 5 nitrogen and oxygen atoms in total. The molecule has 1 saturated carbocycles. The summed E-state index contributed by atoms with van der Waals surface area (Å²) in [7, 11) is 0. The summed E-state index contributed by atoms with van der Waals surface area (Å²) in [4.78, 5) is 4.15. The van der Waals surface area contributed by atoms with Crippen molar-refractivity contribution in [2.75, 3.05) is 13.2 Å². The van der Waals surface area contributed by atoms with Crippen molar-refractivity contribution in [3.8, 4) is 0 Å². The third kappa shape index (κ3) is 3.69. The van der Waals surface area contributed by atoms with E-state index in [-0.39, 0.29) is 17.8 Å². The number of rotatable bonds is 5. The number of nitrogens with zero attached hydrogens (tertiary/aromatic N) is 2. The summed E-state index contributed by atoms with van der Waals surface area (Å²) in [6.45, 7) is -1.24. The van der Waals surface area contributed by atoms with Crippen molar-refractivity contribution in [1.29, 1.82) is 0 Å². The maximum Gasteiger partial charge on any atom is 0.411 e. The van der Waals surface area contributed by atoms with E-state index in [1.54, 1.807) is 0 Å². The zero-order chi connectivity index (χ0) is 14.6. The monoisotopic (exact) mass is 293 g/mol. The van der Waals surface area contributed by atoms with E-state index in [2.05, 4.69) is 14.9 Å². The Labute approximate surface area is 114 Å². The number of halogens is 3. The molecule has 2 rings (SSSR count). The first-order valence-electron chi connectivity index (χ1n) is 6.63. The van der Waals surface area contributed by atoms with Crippen LogP contribution in [-0.2, 0) is 16.8 Å². The van der Waals surface area contributed by atoms with Gasteiger partial charge in [-0.25, -0.2) is 0 Å². The fourth-order valence-electron chi connectivity index (χ4n) is 2.52. The van der Waals surface area contributed by atoms with Gasteiger partial charge < -0.3 is 15.0 Å². The average Bonchev–Trinajstić information content (AvgIpc) is 2.87. The summed E-state index contributed by atoms with van der Waals surface area (Å²) in [5.74, 6) is 0.549. The molecule has 0 unspecified atom stereocenters. The molecule has 114 valence electrons. The van der Waals surface area contributed by atoms with Crippen molar-refractivity contribution in [1.82, 2.24) is 10.1 Å². The molecule has 1 fully saturated rings. The van der Waals surface area contributed by atoms with E-state index in [1.165, 1.54) is 0 Å². The lowest BCUT2D eigenvalue weighted by Gasteiger charge is -2.32. The fourth-order valence-corrected chi connectivity index (χ4v) is 2.52. The topological polar surface area (TPSA) is 74.2 Å². The number of hydrogen-bond donors (Lipinski definition) is 1. The number of ether oxygens (including phenoxy) is 1. The highest BCUT2D eigenvalue weighted by molar-refractivity contribution is 5.07. The number of aromatic nitrogens is 2. The number of hydrogen-bond acceptors (Lipinski definition) is 5. The molecular weight excluding hydrogens is 275 g/mol. The summed E-state index contributed by atoms with van der Waals surface area (Å²) in [5.41, 5.74) is 5.50. The Morgan fingerprint density at radius 3 is 2.55 bits per heavy atom. The van der Waals surface area contributed by atoms with Crippen molar-refractivity contribution in [3.63, 3.8) is 0 Å². The summed E-state index contributed by atoms with van der Waals surface area (Å²) in [6, 6.07) is 0. The second-order valence-electron chi connectivity index (χ2n) is 5.17. The average molecular weight is 293 g/mol. The van der Waals surface area contributed by atoms with Crippen LogP contribution in [0.25, 0.3) is 0 Å². The SMILES string of the molecule is NCC1(c2nc(COCC(F)(F)F)no2)CCCCC1. The van der Waals surface area contributed by atoms with Gasteiger partial charge in [-0.3, -0.25) is 0 Å². The fraction of sp³-hybridized carbons (Fsp3) is 0.833. The summed E-state index contributed by atoms with van der Waals surface area (Å²) >= 11 is 0. The van der Waals surface area contributed by atoms with Gasteiger partial charge in [0, 0.05) is 6.54 Å². The molecule has 0 spiro atoms. The second kappa shape index (κ2) is 6.09. The van der Waals surface area contributed by atoms with Crippen molar-refractivity contribution < 1.29 is 22.4 Å². The molecule has 20 heavy (non-hydrogen) atoms. The van der Waals surface area contributed by atoms with E-state index in [9.17, 15) is 13.2 Å². The minimum absolute atomic E-state index is 0.127. The van der Waals surface area contributed by atoms with Crippen LogP contribution < -0.4 is 5.73 Å². The molecule has 0 radical (unpaired) electrons. The Hall–Kier alpha value is -1.15. The number of alkyl halides is 3. The van der Waals surface area contributed by atoms with Crippen LogP contribution in [0.1, 0.15) is 43.8 Å². The van der Waals surface area contributed by atoms with Gasteiger partial charge in [-0.1, -0.05) is 24.4 Å². The molecule has 2 N–H and O–H groups in total. The molecule has 1 aliphatic carbocycles.